The zero-order valence-corrected chi connectivity index (χ0v) is 11.0. The third-order valence-corrected chi connectivity index (χ3v) is 3.66. The van der Waals surface area contributed by atoms with Crippen LogP contribution >= 0.6 is 23.4 Å². The Morgan fingerprint density at radius 1 is 1.11 bits per heavy atom. The molecule has 0 aliphatic rings. The van der Waals surface area contributed by atoms with Crippen molar-refractivity contribution in [1.82, 2.24) is 0 Å². The molecule has 92 valence electrons. The van der Waals surface area contributed by atoms with Gasteiger partial charge >= 0.3 is 0 Å². The maximum Gasteiger partial charge on any atom is 0.173 e. The summed E-state index contributed by atoms with van der Waals surface area (Å²) in [7, 11) is 0. The molecule has 0 spiro atoms. The molecule has 0 bridgehead atoms. The predicted molar refractivity (Wildman–Crippen MR) is 72.9 cm³/mol. The molecule has 0 radical (unpaired) electrons. The summed E-state index contributed by atoms with van der Waals surface area (Å²) in [5.41, 5.74) is 0.586. The van der Waals surface area contributed by atoms with Gasteiger partial charge in [0, 0.05) is 15.5 Å². The van der Waals surface area contributed by atoms with E-state index < -0.39 is 0 Å². The molecule has 0 aromatic heterocycles. The molecule has 2 aromatic carbocycles. The summed E-state index contributed by atoms with van der Waals surface area (Å²) in [6, 6.07) is 13.1. The Balaban J connectivity index is 2.01. The first-order valence-corrected chi connectivity index (χ1v) is 6.69. The molecule has 0 aliphatic heterocycles. The van der Waals surface area contributed by atoms with E-state index >= 15 is 0 Å². The largest absolute Gasteiger partial charge is 0.293 e. The van der Waals surface area contributed by atoms with Crippen molar-refractivity contribution in [1.29, 1.82) is 0 Å². The minimum absolute atomic E-state index is 0.0417. The first-order chi connectivity index (χ1) is 8.66. The molecule has 0 saturated heterocycles. The zero-order chi connectivity index (χ0) is 13.0. The maximum absolute atomic E-state index is 13.3. The molecule has 0 heterocycles. The standard InChI is InChI=1S/C14H10ClFOS/c15-11-7-5-10(6-8-11)13(17)9-18-14-4-2-1-3-12(14)16/h1-8H,9H2. The molecule has 1 nitrogen and oxygen atoms in total. The molecular weight excluding hydrogens is 271 g/mol. The first kappa shape index (κ1) is 13.1. The van der Waals surface area contributed by atoms with E-state index in [-0.39, 0.29) is 17.4 Å². The highest BCUT2D eigenvalue weighted by Crippen LogP contribution is 2.22. The molecule has 0 unspecified atom stereocenters. The van der Waals surface area contributed by atoms with Crippen molar-refractivity contribution in [3.8, 4) is 0 Å². The third-order valence-electron chi connectivity index (χ3n) is 2.36. The second-order valence-corrected chi connectivity index (χ2v) is 5.10. The van der Waals surface area contributed by atoms with Gasteiger partial charge in [-0.2, -0.15) is 0 Å². The third kappa shape index (κ3) is 3.34. The van der Waals surface area contributed by atoms with E-state index in [1.165, 1.54) is 17.8 Å². The number of hydrogen-bond acceptors (Lipinski definition) is 2. The molecular formula is C14H10ClFOS. The predicted octanol–water partition coefficient (Wildman–Crippen LogP) is 4.45. The monoisotopic (exact) mass is 280 g/mol. The highest BCUT2D eigenvalue weighted by atomic mass is 35.5. The van der Waals surface area contributed by atoms with Crippen LogP contribution in [-0.2, 0) is 0 Å². The minimum Gasteiger partial charge on any atom is -0.293 e. The molecule has 0 atom stereocenters. The molecule has 0 N–H and O–H groups in total. The van der Waals surface area contributed by atoms with Gasteiger partial charge in [0.2, 0.25) is 0 Å². The van der Waals surface area contributed by atoms with Crippen molar-refractivity contribution in [2.75, 3.05) is 5.75 Å². The lowest BCUT2D eigenvalue weighted by atomic mass is 10.1. The summed E-state index contributed by atoms with van der Waals surface area (Å²) >= 11 is 6.94. The van der Waals surface area contributed by atoms with Crippen LogP contribution in [0.2, 0.25) is 5.02 Å². The van der Waals surface area contributed by atoms with Crippen molar-refractivity contribution in [2.24, 2.45) is 0 Å². The van der Waals surface area contributed by atoms with Gasteiger partial charge in [-0.15, -0.1) is 11.8 Å². The Morgan fingerprint density at radius 2 is 1.78 bits per heavy atom. The van der Waals surface area contributed by atoms with E-state index in [4.69, 9.17) is 11.6 Å². The fraction of sp³-hybridized carbons (Fsp3) is 0.0714. The van der Waals surface area contributed by atoms with Gasteiger partial charge in [0.1, 0.15) is 5.82 Å². The topological polar surface area (TPSA) is 17.1 Å². The highest BCUT2D eigenvalue weighted by Gasteiger charge is 2.08. The normalized spacial score (nSPS) is 10.3. The van der Waals surface area contributed by atoms with Gasteiger partial charge in [0.25, 0.3) is 0 Å². The van der Waals surface area contributed by atoms with Crippen LogP contribution in [-0.4, -0.2) is 11.5 Å². The Hall–Kier alpha value is -1.32. The number of benzene rings is 2. The molecule has 0 amide bonds. The van der Waals surface area contributed by atoms with Crippen molar-refractivity contribution in [3.63, 3.8) is 0 Å². The van der Waals surface area contributed by atoms with Crippen LogP contribution in [0.4, 0.5) is 4.39 Å². The van der Waals surface area contributed by atoms with Gasteiger partial charge in [0.05, 0.1) is 5.75 Å². The van der Waals surface area contributed by atoms with E-state index in [1.54, 1.807) is 42.5 Å². The zero-order valence-electron chi connectivity index (χ0n) is 9.40. The van der Waals surface area contributed by atoms with Gasteiger partial charge in [-0.25, -0.2) is 4.39 Å². The molecule has 2 rings (SSSR count). The van der Waals surface area contributed by atoms with E-state index in [1.807, 2.05) is 0 Å². The van der Waals surface area contributed by atoms with Gasteiger partial charge in [0.15, 0.2) is 5.78 Å². The summed E-state index contributed by atoms with van der Waals surface area (Å²) < 4.78 is 13.3. The van der Waals surface area contributed by atoms with Crippen molar-refractivity contribution >= 4 is 29.1 Å². The molecule has 18 heavy (non-hydrogen) atoms. The number of rotatable bonds is 4. The quantitative estimate of drug-likeness (QED) is 0.608. The minimum atomic E-state index is -0.300. The van der Waals surface area contributed by atoms with Gasteiger partial charge in [-0.1, -0.05) is 23.7 Å². The van der Waals surface area contributed by atoms with E-state index in [9.17, 15) is 9.18 Å². The molecule has 0 fully saturated rings. The maximum atomic E-state index is 13.3. The smallest absolute Gasteiger partial charge is 0.173 e. The summed E-state index contributed by atoms with van der Waals surface area (Å²) in [4.78, 5) is 12.3. The lowest BCUT2D eigenvalue weighted by Gasteiger charge is -2.03. The summed E-state index contributed by atoms with van der Waals surface area (Å²) in [5.74, 6) is -0.130. The number of carbonyl (C=O) groups excluding carboxylic acids is 1. The molecule has 0 aliphatic carbocycles. The summed E-state index contributed by atoms with van der Waals surface area (Å²) in [6.45, 7) is 0. The van der Waals surface area contributed by atoms with Gasteiger partial charge in [-0.3, -0.25) is 4.79 Å². The highest BCUT2D eigenvalue weighted by molar-refractivity contribution is 8.00. The number of halogens is 2. The summed E-state index contributed by atoms with van der Waals surface area (Å²) in [6.07, 6.45) is 0. The fourth-order valence-corrected chi connectivity index (χ4v) is 2.38. The van der Waals surface area contributed by atoms with Crippen LogP contribution < -0.4 is 0 Å². The Labute approximate surface area is 114 Å². The van der Waals surface area contributed by atoms with Crippen LogP contribution in [0, 0.1) is 5.82 Å². The fourth-order valence-electron chi connectivity index (χ4n) is 1.42. The van der Waals surface area contributed by atoms with Crippen LogP contribution in [0.15, 0.2) is 53.4 Å². The van der Waals surface area contributed by atoms with Crippen molar-refractivity contribution in [2.45, 2.75) is 4.90 Å². The van der Waals surface area contributed by atoms with Crippen LogP contribution in [0.3, 0.4) is 0 Å². The summed E-state index contributed by atoms with van der Waals surface area (Å²) in [5, 5.41) is 0.591. The average Bonchev–Trinajstić information content (AvgIpc) is 2.38. The average molecular weight is 281 g/mol. The van der Waals surface area contributed by atoms with Gasteiger partial charge in [-0.05, 0) is 36.4 Å². The van der Waals surface area contributed by atoms with Crippen LogP contribution in [0.25, 0.3) is 0 Å². The Kier molecular flexibility index (Phi) is 4.39. The second kappa shape index (κ2) is 6.03. The SMILES string of the molecule is O=C(CSc1ccccc1F)c1ccc(Cl)cc1. The van der Waals surface area contributed by atoms with Crippen LogP contribution in [0.1, 0.15) is 10.4 Å². The number of ketones is 1. The lowest BCUT2D eigenvalue weighted by Crippen LogP contribution is -2.02. The number of Topliss-reactive ketones (excluding diaryl/α,β-unsaturated/α-hetero) is 1. The Morgan fingerprint density at radius 3 is 2.44 bits per heavy atom. The molecule has 4 heteroatoms. The van der Waals surface area contributed by atoms with Crippen molar-refractivity contribution in [3.05, 3.63) is 64.9 Å². The Bertz CT molecular complexity index is 554. The van der Waals surface area contributed by atoms with Gasteiger partial charge < -0.3 is 0 Å². The molecule has 0 saturated carbocycles. The lowest BCUT2D eigenvalue weighted by molar-refractivity contribution is 0.102. The van der Waals surface area contributed by atoms with Crippen LogP contribution in [0.5, 0.6) is 0 Å². The molecule has 2 aromatic rings. The van der Waals surface area contributed by atoms with E-state index in [2.05, 4.69) is 0 Å². The second-order valence-electron chi connectivity index (χ2n) is 3.65. The van der Waals surface area contributed by atoms with E-state index in [0.29, 0.717) is 15.5 Å². The van der Waals surface area contributed by atoms with E-state index in [0.717, 1.165) is 0 Å². The number of carbonyl (C=O) groups is 1. The number of thioether (sulfide) groups is 1. The number of hydrogen-bond donors (Lipinski definition) is 0. The van der Waals surface area contributed by atoms with Crippen molar-refractivity contribution < 1.29 is 9.18 Å². The first-order valence-electron chi connectivity index (χ1n) is 5.33.